The van der Waals surface area contributed by atoms with Crippen LogP contribution in [0.25, 0.3) is 11.3 Å². The Morgan fingerprint density at radius 1 is 1.30 bits per heavy atom. The van der Waals surface area contributed by atoms with Crippen molar-refractivity contribution in [3.05, 3.63) is 41.6 Å². The van der Waals surface area contributed by atoms with E-state index in [2.05, 4.69) is 32.6 Å². The number of hydrogen-bond acceptors (Lipinski definition) is 5. The van der Waals surface area contributed by atoms with Crippen LogP contribution in [-0.2, 0) is 18.4 Å². The first-order chi connectivity index (χ1) is 13.0. The molecule has 0 aliphatic carbocycles. The van der Waals surface area contributed by atoms with Crippen molar-refractivity contribution in [2.24, 2.45) is 17.3 Å². The van der Waals surface area contributed by atoms with Crippen LogP contribution in [0.4, 0.5) is 0 Å². The molecular weight excluding hydrogens is 340 g/mol. The molecule has 2 aromatic rings. The minimum absolute atomic E-state index is 0.0537. The molecule has 1 aromatic heterocycles. The number of aromatic nitrogens is 2. The van der Waals surface area contributed by atoms with Crippen LogP contribution in [-0.4, -0.2) is 21.4 Å². The summed E-state index contributed by atoms with van der Waals surface area (Å²) in [5.41, 5.74) is 2.77. The Bertz CT molecular complexity index is 936. The van der Waals surface area contributed by atoms with Gasteiger partial charge in [-0.3, -0.25) is 9.48 Å². The molecule has 2 heterocycles. The highest BCUT2D eigenvalue weighted by molar-refractivity contribution is 5.76. The van der Waals surface area contributed by atoms with Crippen LogP contribution < -0.4 is 5.32 Å². The number of terminal acetylenes is 1. The first-order valence-electron chi connectivity index (χ1n) is 8.72. The van der Waals surface area contributed by atoms with Crippen LogP contribution in [0.1, 0.15) is 36.8 Å². The molecule has 27 heavy (non-hydrogen) atoms. The third-order valence-electron chi connectivity index (χ3n) is 4.47. The Labute approximate surface area is 158 Å². The topological polar surface area (TPSA) is 95.4 Å². The quantitative estimate of drug-likeness (QED) is 0.733. The van der Waals surface area contributed by atoms with Gasteiger partial charge in [0, 0.05) is 56.6 Å². The zero-order valence-electron chi connectivity index (χ0n) is 15.1. The van der Waals surface area contributed by atoms with Crippen molar-refractivity contribution in [2.45, 2.75) is 37.9 Å². The number of nitriles is 1. The maximum absolute atomic E-state index is 12.2. The van der Waals surface area contributed by atoms with Gasteiger partial charge < -0.3 is 5.32 Å². The summed E-state index contributed by atoms with van der Waals surface area (Å²) in [7, 11) is 1.84. The fourth-order valence-corrected chi connectivity index (χ4v) is 2.88. The largest absolute Gasteiger partial charge is 0.352 e. The molecule has 136 valence electrons. The van der Waals surface area contributed by atoms with Gasteiger partial charge in [0.25, 0.3) is 0 Å². The fraction of sp³-hybridized carbons (Fsp3) is 0.350. The first kappa shape index (κ1) is 18.3. The van der Waals surface area contributed by atoms with Crippen LogP contribution >= 0.6 is 0 Å². The smallest absolute Gasteiger partial charge is 0.220 e. The highest BCUT2D eigenvalue weighted by atomic mass is 16.1. The van der Waals surface area contributed by atoms with E-state index >= 15 is 0 Å². The number of rotatable bonds is 8. The number of aryl methyl sites for hydroxylation is 1. The van der Waals surface area contributed by atoms with E-state index in [4.69, 9.17) is 11.7 Å². The Balaban J connectivity index is 1.57. The Kier molecular flexibility index (Phi) is 5.33. The summed E-state index contributed by atoms with van der Waals surface area (Å²) in [6.07, 6.45) is 9.39. The Morgan fingerprint density at radius 2 is 2.04 bits per heavy atom. The van der Waals surface area contributed by atoms with E-state index in [0.717, 1.165) is 16.8 Å². The van der Waals surface area contributed by atoms with E-state index in [9.17, 15) is 4.79 Å². The normalized spacial score (nSPS) is 13.6. The summed E-state index contributed by atoms with van der Waals surface area (Å²) in [5.74, 6) is 2.53. The molecule has 1 N–H and O–H groups in total. The van der Waals surface area contributed by atoms with E-state index in [1.807, 2.05) is 25.4 Å². The number of nitrogens with one attached hydrogen (secondary N) is 1. The number of carbonyl (C=O) groups excluding carboxylic acids is 1. The van der Waals surface area contributed by atoms with Crippen molar-refractivity contribution in [3.8, 4) is 29.7 Å². The highest BCUT2D eigenvalue weighted by Crippen LogP contribution is 2.37. The average molecular weight is 360 g/mol. The maximum Gasteiger partial charge on any atom is 0.220 e. The molecule has 1 aliphatic heterocycles. The van der Waals surface area contributed by atoms with E-state index in [-0.39, 0.29) is 5.91 Å². The van der Waals surface area contributed by atoms with Gasteiger partial charge in [0.2, 0.25) is 5.91 Å². The number of hydrogen-bond donors (Lipinski definition) is 1. The Morgan fingerprint density at radius 3 is 2.67 bits per heavy atom. The number of amides is 1. The lowest BCUT2D eigenvalue weighted by Gasteiger charge is -2.09. The lowest BCUT2D eigenvalue weighted by molar-refractivity contribution is -0.121. The van der Waals surface area contributed by atoms with E-state index in [1.54, 1.807) is 16.8 Å². The van der Waals surface area contributed by atoms with Gasteiger partial charge in [-0.25, -0.2) is 0 Å². The molecule has 0 spiro atoms. The van der Waals surface area contributed by atoms with E-state index in [1.165, 1.54) is 0 Å². The lowest BCUT2D eigenvalue weighted by atomic mass is 10.0. The number of carbonyl (C=O) groups is 1. The van der Waals surface area contributed by atoms with Crippen LogP contribution in [0.2, 0.25) is 0 Å². The van der Waals surface area contributed by atoms with Crippen LogP contribution in [0, 0.1) is 23.7 Å². The summed E-state index contributed by atoms with van der Waals surface area (Å²) in [6, 6.07) is 9.33. The number of benzene rings is 1. The molecule has 0 bridgehead atoms. The predicted octanol–water partition coefficient (Wildman–Crippen LogP) is 2.93. The molecule has 0 saturated carbocycles. The molecule has 0 fully saturated rings. The second-order valence-corrected chi connectivity index (χ2v) is 6.53. The van der Waals surface area contributed by atoms with E-state index < -0.39 is 5.66 Å². The van der Waals surface area contributed by atoms with E-state index in [0.29, 0.717) is 37.8 Å². The highest BCUT2D eigenvalue weighted by Gasteiger charge is 2.39. The van der Waals surface area contributed by atoms with Gasteiger partial charge in [-0.2, -0.15) is 20.6 Å². The molecular formula is C20H20N6O. The summed E-state index contributed by atoms with van der Waals surface area (Å²) in [4.78, 5) is 12.2. The van der Waals surface area contributed by atoms with Crippen LogP contribution in [0.5, 0.6) is 0 Å². The fourth-order valence-electron chi connectivity index (χ4n) is 2.88. The molecule has 0 radical (unpaired) electrons. The number of nitrogens with zero attached hydrogens (tertiary/aromatic N) is 5. The zero-order chi connectivity index (χ0) is 19.3. The van der Waals surface area contributed by atoms with Gasteiger partial charge in [-0.1, -0.05) is 12.1 Å². The third kappa shape index (κ3) is 4.59. The van der Waals surface area contributed by atoms with Gasteiger partial charge in [-0.05, 0) is 12.1 Å². The molecule has 1 aromatic carbocycles. The molecule has 3 rings (SSSR count). The first-order valence-corrected chi connectivity index (χ1v) is 8.72. The minimum Gasteiger partial charge on any atom is -0.352 e. The molecule has 7 nitrogen and oxygen atoms in total. The van der Waals surface area contributed by atoms with Gasteiger partial charge in [0.15, 0.2) is 5.66 Å². The molecule has 0 unspecified atom stereocenters. The summed E-state index contributed by atoms with van der Waals surface area (Å²) >= 11 is 0. The van der Waals surface area contributed by atoms with Gasteiger partial charge in [-0.15, -0.1) is 12.3 Å². The third-order valence-corrected chi connectivity index (χ3v) is 4.47. The standard InChI is InChI=1S/C20H20N6O/c1-3-4-10-20(24-25-20)11-9-18(27)22-13-17-14-26(2)23-19(17)16-7-5-15(12-21)6-8-16/h1,5-8,14H,4,9-11,13H2,2H3,(H,22,27). The van der Waals surface area contributed by atoms with Crippen molar-refractivity contribution >= 4 is 5.91 Å². The predicted molar refractivity (Wildman–Crippen MR) is 100 cm³/mol. The summed E-state index contributed by atoms with van der Waals surface area (Å²) in [6.45, 7) is 0.383. The van der Waals surface area contributed by atoms with Crippen molar-refractivity contribution in [2.75, 3.05) is 0 Å². The van der Waals surface area contributed by atoms with Gasteiger partial charge in [0.1, 0.15) is 0 Å². The summed E-state index contributed by atoms with van der Waals surface area (Å²) in [5, 5.41) is 24.4. The molecule has 7 heteroatoms. The van der Waals surface area contributed by atoms with Crippen LogP contribution in [0.3, 0.4) is 0 Å². The van der Waals surface area contributed by atoms with Gasteiger partial charge >= 0.3 is 0 Å². The van der Waals surface area contributed by atoms with Gasteiger partial charge in [0.05, 0.1) is 17.3 Å². The summed E-state index contributed by atoms with van der Waals surface area (Å²) < 4.78 is 1.71. The second-order valence-electron chi connectivity index (χ2n) is 6.53. The minimum atomic E-state index is -0.439. The van der Waals surface area contributed by atoms with Crippen LogP contribution in [0.15, 0.2) is 40.7 Å². The Hall–Kier alpha value is -3.45. The molecule has 0 atom stereocenters. The second kappa shape index (κ2) is 7.84. The monoisotopic (exact) mass is 360 g/mol. The molecule has 1 amide bonds. The average Bonchev–Trinajstić information content (AvgIpc) is 3.37. The molecule has 1 aliphatic rings. The maximum atomic E-state index is 12.2. The van der Waals surface area contributed by atoms with Crippen molar-refractivity contribution in [3.63, 3.8) is 0 Å². The van der Waals surface area contributed by atoms with Crippen molar-refractivity contribution in [1.29, 1.82) is 5.26 Å². The SMILES string of the molecule is C#CCCC1(CCC(=O)NCc2cn(C)nc2-c2ccc(C#N)cc2)N=N1. The van der Waals surface area contributed by atoms with Crippen molar-refractivity contribution < 1.29 is 4.79 Å². The van der Waals surface area contributed by atoms with Crippen molar-refractivity contribution in [1.82, 2.24) is 15.1 Å². The lowest BCUT2D eigenvalue weighted by Crippen LogP contribution is -2.25. The molecule has 0 saturated heterocycles. The zero-order valence-corrected chi connectivity index (χ0v) is 15.1.